The Hall–Kier alpha value is -1.36. The van der Waals surface area contributed by atoms with Crippen LogP contribution in [0.1, 0.15) is 59.3 Å². The van der Waals surface area contributed by atoms with Gasteiger partial charge in [-0.15, -0.1) is 0 Å². The van der Waals surface area contributed by atoms with Gasteiger partial charge in [0.2, 0.25) is 0 Å². The molecule has 0 bridgehead atoms. The van der Waals surface area contributed by atoms with Gasteiger partial charge in [0.15, 0.2) is 0 Å². The van der Waals surface area contributed by atoms with E-state index in [4.69, 9.17) is 9.47 Å². The molecule has 0 spiro atoms. The Bertz CT molecular complexity index is 391. The number of carbonyl (C=O) groups excluding carboxylic acids is 2. The van der Waals surface area contributed by atoms with Crippen LogP contribution in [0.5, 0.6) is 0 Å². The van der Waals surface area contributed by atoms with Gasteiger partial charge in [-0.1, -0.05) is 25.8 Å². The van der Waals surface area contributed by atoms with E-state index < -0.39 is 36.2 Å². The Balaban J connectivity index is 2.78. The molecule has 1 aliphatic rings. The fourth-order valence-electron chi connectivity index (χ4n) is 2.50. The third kappa shape index (κ3) is 6.18. The van der Waals surface area contributed by atoms with E-state index in [1.54, 1.807) is 13.0 Å². The molecule has 0 radical (unpaired) electrons. The highest BCUT2D eigenvalue weighted by Gasteiger charge is 2.31. The van der Waals surface area contributed by atoms with Crippen molar-refractivity contribution in [2.24, 2.45) is 5.92 Å². The van der Waals surface area contributed by atoms with Gasteiger partial charge in [0, 0.05) is 6.92 Å². The summed E-state index contributed by atoms with van der Waals surface area (Å²) in [5.74, 6) is -1.44. The van der Waals surface area contributed by atoms with Crippen LogP contribution in [0.2, 0.25) is 0 Å². The minimum atomic E-state index is -0.650. The van der Waals surface area contributed by atoms with Gasteiger partial charge in [0.05, 0.1) is 12.0 Å². The molecule has 22 heavy (non-hydrogen) atoms. The predicted octanol–water partition coefficient (Wildman–Crippen LogP) is 2.76. The number of aliphatic hydroxyl groups is 1. The lowest BCUT2D eigenvalue weighted by Crippen LogP contribution is -2.37. The minimum Gasteiger partial charge on any atom is -0.459 e. The molecule has 0 fully saturated rings. The molecule has 5 nitrogen and oxygen atoms in total. The molecule has 0 saturated carbocycles. The maximum atomic E-state index is 12.3. The zero-order valence-electron chi connectivity index (χ0n) is 13.8. The van der Waals surface area contributed by atoms with Gasteiger partial charge in [0.1, 0.15) is 12.2 Å². The summed E-state index contributed by atoms with van der Waals surface area (Å²) in [6.07, 6.45) is 6.71. The smallest absolute Gasteiger partial charge is 0.313 e. The second-order valence-electron chi connectivity index (χ2n) is 5.91. The highest BCUT2D eigenvalue weighted by Crippen LogP contribution is 2.21. The topological polar surface area (TPSA) is 72.8 Å². The molecule has 0 amide bonds. The number of unbranched alkanes of at least 4 members (excludes halogenated alkanes) is 2. The largest absolute Gasteiger partial charge is 0.459 e. The standard InChI is InChI=1S/C17H28O5/c1-4-5-6-11-16-14(19)9-7-8-10-15(21-13(3)18)12(2)17(20)22-16/h8,10,12,14-16,19H,4-7,9,11H2,1-3H3/b10-8+/t12-,14+,15-,16-/m1/s1. The second-order valence-corrected chi connectivity index (χ2v) is 5.91. The maximum absolute atomic E-state index is 12.3. The van der Waals surface area contributed by atoms with Crippen molar-refractivity contribution in [3.8, 4) is 0 Å². The van der Waals surface area contributed by atoms with E-state index in [0.717, 1.165) is 19.3 Å². The SMILES string of the molecule is CCCCC[C@H]1OC(=O)[C@H](C)[C@H](OC(C)=O)/C=C/CC[C@@H]1O. The van der Waals surface area contributed by atoms with Crippen molar-refractivity contribution in [2.45, 2.75) is 77.6 Å². The Labute approximate surface area is 132 Å². The molecule has 0 unspecified atom stereocenters. The number of hydrogen-bond donors (Lipinski definition) is 1. The number of rotatable bonds is 5. The van der Waals surface area contributed by atoms with Crippen LogP contribution in [-0.4, -0.2) is 35.4 Å². The summed E-state index contributed by atoms with van der Waals surface area (Å²) in [5, 5.41) is 10.2. The van der Waals surface area contributed by atoms with Crippen LogP contribution in [0.3, 0.4) is 0 Å². The molecule has 0 saturated heterocycles. The Morgan fingerprint density at radius 2 is 2.18 bits per heavy atom. The van der Waals surface area contributed by atoms with E-state index in [1.165, 1.54) is 6.92 Å². The molecule has 0 aromatic rings. The van der Waals surface area contributed by atoms with Crippen LogP contribution in [0, 0.1) is 5.92 Å². The molecule has 1 aliphatic heterocycles. The first-order valence-electron chi connectivity index (χ1n) is 8.18. The van der Waals surface area contributed by atoms with Gasteiger partial charge in [-0.2, -0.15) is 0 Å². The van der Waals surface area contributed by atoms with Gasteiger partial charge < -0.3 is 14.6 Å². The van der Waals surface area contributed by atoms with Crippen molar-refractivity contribution in [1.29, 1.82) is 0 Å². The summed E-state index contributed by atoms with van der Waals surface area (Å²) < 4.78 is 10.7. The number of aliphatic hydroxyl groups excluding tert-OH is 1. The summed E-state index contributed by atoms with van der Waals surface area (Å²) in [6, 6.07) is 0. The minimum absolute atomic E-state index is 0.425. The van der Waals surface area contributed by atoms with Gasteiger partial charge >= 0.3 is 11.9 Å². The lowest BCUT2D eigenvalue weighted by molar-refractivity contribution is -0.166. The van der Waals surface area contributed by atoms with Crippen LogP contribution < -0.4 is 0 Å². The Kier molecular flexibility index (Phi) is 8.17. The summed E-state index contributed by atoms with van der Waals surface area (Å²) in [7, 11) is 0. The van der Waals surface area contributed by atoms with Gasteiger partial charge in [-0.05, 0) is 38.7 Å². The first kappa shape index (κ1) is 18.7. The highest BCUT2D eigenvalue weighted by atomic mass is 16.6. The fourth-order valence-corrected chi connectivity index (χ4v) is 2.50. The molecule has 1 rings (SSSR count). The van der Waals surface area contributed by atoms with Crippen molar-refractivity contribution in [3.05, 3.63) is 12.2 Å². The zero-order chi connectivity index (χ0) is 16.5. The predicted molar refractivity (Wildman–Crippen MR) is 83.1 cm³/mol. The lowest BCUT2D eigenvalue weighted by Gasteiger charge is -2.27. The lowest BCUT2D eigenvalue weighted by atomic mass is 9.98. The van der Waals surface area contributed by atoms with E-state index in [9.17, 15) is 14.7 Å². The number of cyclic esters (lactones) is 1. The van der Waals surface area contributed by atoms with E-state index in [2.05, 4.69) is 6.92 Å². The third-order valence-corrected chi connectivity index (χ3v) is 3.91. The zero-order valence-corrected chi connectivity index (χ0v) is 13.8. The molecular formula is C17H28O5. The normalized spacial score (nSPS) is 31.2. The van der Waals surface area contributed by atoms with E-state index >= 15 is 0 Å². The van der Waals surface area contributed by atoms with E-state index in [1.807, 2.05) is 6.08 Å². The molecule has 5 heteroatoms. The number of esters is 2. The van der Waals surface area contributed by atoms with Crippen molar-refractivity contribution in [2.75, 3.05) is 0 Å². The van der Waals surface area contributed by atoms with E-state index in [0.29, 0.717) is 19.3 Å². The number of ether oxygens (including phenoxy) is 2. The molecule has 0 aliphatic carbocycles. The van der Waals surface area contributed by atoms with Crippen LogP contribution >= 0.6 is 0 Å². The van der Waals surface area contributed by atoms with Crippen LogP contribution in [-0.2, 0) is 19.1 Å². The van der Waals surface area contributed by atoms with Gasteiger partial charge in [0.25, 0.3) is 0 Å². The monoisotopic (exact) mass is 312 g/mol. The summed E-state index contributed by atoms with van der Waals surface area (Å²) in [4.78, 5) is 23.4. The van der Waals surface area contributed by atoms with Crippen molar-refractivity contribution in [3.63, 3.8) is 0 Å². The third-order valence-electron chi connectivity index (χ3n) is 3.91. The molecule has 0 aromatic carbocycles. The summed E-state index contributed by atoms with van der Waals surface area (Å²) in [6.45, 7) is 5.10. The molecule has 4 atom stereocenters. The Morgan fingerprint density at radius 1 is 1.45 bits per heavy atom. The average Bonchev–Trinajstić information content (AvgIpc) is 2.47. The van der Waals surface area contributed by atoms with E-state index in [-0.39, 0.29) is 0 Å². The molecular weight excluding hydrogens is 284 g/mol. The number of carbonyl (C=O) groups is 2. The first-order valence-corrected chi connectivity index (χ1v) is 8.18. The molecule has 1 N–H and O–H groups in total. The summed E-state index contributed by atoms with van der Waals surface area (Å²) in [5.41, 5.74) is 0. The van der Waals surface area contributed by atoms with Crippen molar-refractivity contribution < 1.29 is 24.2 Å². The van der Waals surface area contributed by atoms with Gasteiger partial charge in [-0.25, -0.2) is 0 Å². The average molecular weight is 312 g/mol. The quantitative estimate of drug-likeness (QED) is 0.480. The number of allylic oxidation sites excluding steroid dienone is 1. The highest BCUT2D eigenvalue weighted by molar-refractivity contribution is 5.74. The summed E-state index contributed by atoms with van der Waals surface area (Å²) >= 11 is 0. The first-order chi connectivity index (χ1) is 10.5. The maximum Gasteiger partial charge on any atom is 0.313 e. The van der Waals surface area contributed by atoms with Crippen LogP contribution in [0.25, 0.3) is 0 Å². The fraction of sp³-hybridized carbons (Fsp3) is 0.765. The molecule has 126 valence electrons. The van der Waals surface area contributed by atoms with Crippen LogP contribution in [0.4, 0.5) is 0 Å². The number of hydrogen-bond acceptors (Lipinski definition) is 5. The van der Waals surface area contributed by atoms with Crippen molar-refractivity contribution in [1.82, 2.24) is 0 Å². The second kappa shape index (κ2) is 9.62. The molecule has 1 heterocycles. The van der Waals surface area contributed by atoms with Gasteiger partial charge in [-0.3, -0.25) is 9.59 Å². The Morgan fingerprint density at radius 3 is 2.82 bits per heavy atom. The molecule has 0 aromatic heterocycles. The van der Waals surface area contributed by atoms with Crippen molar-refractivity contribution >= 4 is 11.9 Å². The van der Waals surface area contributed by atoms with Crippen LogP contribution in [0.15, 0.2) is 12.2 Å².